The molecule has 2 aromatic rings. The summed E-state index contributed by atoms with van der Waals surface area (Å²) in [4.78, 5) is 0.142. The minimum absolute atomic E-state index is 0.142. The van der Waals surface area contributed by atoms with Crippen molar-refractivity contribution in [2.75, 3.05) is 30.7 Å². The van der Waals surface area contributed by atoms with Crippen LogP contribution >= 0.6 is 15.9 Å². The first kappa shape index (κ1) is 15.6. The van der Waals surface area contributed by atoms with E-state index in [0.717, 1.165) is 0 Å². The van der Waals surface area contributed by atoms with Gasteiger partial charge in [0.1, 0.15) is 30.5 Å². The van der Waals surface area contributed by atoms with Crippen molar-refractivity contribution in [3.05, 3.63) is 40.9 Å². The Hall–Kier alpha value is -1.93. The van der Waals surface area contributed by atoms with Gasteiger partial charge in [-0.1, -0.05) is 12.1 Å². The summed E-state index contributed by atoms with van der Waals surface area (Å²) >= 11 is 3.35. The van der Waals surface area contributed by atoms with Crippen LogP contribution in [0.25, 0.3) is 0 Å². The van der Waals surface area contributed by atoms with E-state index in [1.54, 1.807) is 24.3 Å². The third kappa shape index (κ3) is 2.50. The number of ether oxygens (including phenoxy) is 3. The highest BCUT2D eigenvalue weighted by Gasteiger charge is 2.32. The lowest BCUT2D eigenvalue weighted by molar-refractivity contribution is 0.171. The number of halogens is 1. The lowest BCUT2D eigenvalue weighted by Crippen LogP contribution is -2.38. The predicted molar refractivity (Wildman–Crippen MR) is 91.6 cm³/mol. The van der Waals surface area contributed by atoms with Crippen molar-refractivity contribution in [2.45, 2.75) is 4.90 Å². The van der Waals surface area contributed by atoms with E-state index in [4.69, 9.17) is 14.2 Å². The normalized spacial score (nSPS) is 16.3. The lowest BCUT2D eigenvalue weighted by Gasteiger charge is -2.31. The highest BCUT2D eigenvalue weighted by atomic mass is 79.9. The molecule has 0 aliphatic carbocycles. The maximum atomic E-state index is 13.2. The van der Waals surface area contributed by atoms with Crippen LogP contribution < -0.4 is 18.5 Å². The molecule has 0 radical (unpaired) electrons. The summed E-state index contributed by atoms with van der Waals surface area (Å²) in [6, 6.07) is 10.2. The van der Waals surface area contributed by atoms with Gasteiger partial charge in [0.2, 0.25) is 0 Å². The fraction of sp³-hybridized carbons (Fsp3) is 0.250. The Balaban J connectivity index is 1.82. The molecule has 0 unspecified atom stereocenters. The monoisotopic (exact) mass is 411 g/mol. The first-order valence-corrected chi connectivity index (χ1v) is 9.64. The summed E-state index contributed by atoms with van der Waals surface area (Å²) in [7, 11) is -3.77. The Kier molecular flexibility index (Phi) is 3.80. The molecule has 0 bridgehead atoms. The quantitative estimate of drug-likeness (QED) is 0.759. The van der Waals surface area contributed by atoms with E-state index in [9.17, 15) is 8.42 Å². The fourth-order valence-electron chi connectivity index (χ4n) is 2.76. The van der Waals surface area contributed by atoms with Crippen LogP contribution in [0.3, 0.4) is 0 Å². The topological polar surface area (TPSA) is 65.1 Å². The fourth-order valence-corrected chi connectivity index (χ4v) is 5.22. The van der Waals surface area contributed by atoms with E-state index in [1.807, 2.05) is 6.07 Å². The average molecular weight is 412 g/mol. The molecular formula is C16H14BrNO5S. The largest absolute Gasteiger partial charge is 0.489 e. The van der Waals surface area contributed by atoms with Crippen LogP contribution in [0.4, 0.5) is 5.69 Å². The zero-order valence-corrected chi connectivity index (χ0v) is 15.0. The summed E-state index contributed by atoms with van der Waals surface area (Å²) in [6.07, 6.45) is 0. The Morgan fingerprint density at radius 1 is 0.917 bits per heavy atom. The van der Waals surface area contributed by atoms with Gasteiger partial charge in [-0.05, 0) is 34.1 Å². The predicted octanol–water partition coefficient (Wildman–Crippen LogP) is 2.81. The van der Waals surface area contributed by atoms with Crippen LogP contribution in [0, 0.1) is 0 Å². The zero-order chi connectivity index (χ0) is 16.7. The molecule has 8 heteroatoms. The van der Waals surface area contributed by atoms with Crippen LogP contribution in [-0.4, -0.2) is 34.8 Å². The van der Waals surface area contributed by atoms with Crippen molar-refractivity contribution in [1.82, 2.24) is 0 Å². The van der Waals surface area contributed by atoms with E-state index in [2.05, 4.69) is 15.9 Å². The molecule has 0 N–H and O–H groups in total. The minimum atomic E-state index is -3.77. The second-order valence-electron chi connectivity index (χ2n) is 5.32. The molecule has 4 rings (SSSR count). The average Bonchev–Trinajstić information content (AvgIpc) is 2.60. The van der Waals surface area contributed by atoms with Crippen molar-refractivity contribution in [3.8, 4) is 17.2 Å². The van der Waals surface area contributed by atoms with Crippen LogP contribution in [0.2, 0.25) is 0 Å². The van der Waals surface area contributed by atoms with Crippen molar-refractivity contribution >= 4 is 31.6 Å². The van der Waals surface area contributed by atoms with Crippen molar-refractivity contribution in [1.29, 1.82) is 0 Å². The van der Waals surface area contributed by atoms with Gasteiger partial charge in [0.15, 0.2) is 11.5 Å². The number of hydrogen-bond donors (Lipinski definition) is 0. The molecule has 2 heterocycles. The highest BCUT2D eigenvalue weighted by Crippen LogP contribution is 2.41. The number of benzene rings is 2. The third-order valence-electron chi connectivity index (χ3n) is 3.85. The van der Waals surface area contributed by atoms with Crippen molar-refractivity contribution in [3.63, 3.8) is 0 Å². The Bertz CT molecular complexity index is 899. The maximum absolute atomic E-state index is 13.2. The third-order valence-corrected chi connectivity index (χ3v) is 6.62. The second-order valence-corrected chi connectivity index (χ2v) is 8.00. The van der Waals surface area contributed by atoms with Crippen LogP contribution in [0.15, 0.2) is 45.8 Å². The Morgan fingerprint density at radius 2 is 1.58 bits per heavy atom. The molecule has 0 saturated heterocycles. The standard InChI is InChI=1S/C16H14BrNO5S/c17-11-9-14-15(23-8-7-22-14)10-16(11)24(19,20)18-5-6-21-13-4-2-1-3-12(13)18/h1-4,9-10H,5-8H2. The number of anilines is 1. The second kappa shape index (κ2) is 5.86. The highest BCUT2D eigenvalue weighted by molar-refractivity contribution is 9.10. The number of hydrogen-bond acceptors (Lipinski definition) is 5. The number of nitrogens with zero attached hydrogens (tertiary/aromatic N) is 1. The molecule has 0 spiro atoms. The molecule has 2 aromatic carbocycles. The van der Waals surface area contributed by atoms with Crippen LogP contribution in [0.5, 0.6) is 17.2 Å². The van der Waals surface area contributed by atoms with Gasteiger partial charge in [-0.15, -0.1) is 0 Å². The molecule has 0 saturated carbocycles. The molecule has 0 atom stereocenters. The van der Waals surface area contributed by atoms with Gasteiger partial charge in [0, 0.05) is 10.5 Å². The number of rotatable bonds is 2. The van der Waals surface area contributed by atoms with Crippen LogP contribution in [0.1, 0.15) is 0 Å². The van der Waals surface area contributed by atoms with Crippen LogP contribution in [-0.2, 0) is 10.0 Å². The molecule has 2 aliphatic rings. The van der Waals surface area contributed by atoms with Gasteiger partial charge in [-0.2, -0.15) is 0 Å². The number of sulfonamides is 1. The molecule has 6 nitrogen and oxygen atoms in total. The molecule has 126 valence electrons. The first-order valence-electron chi connectivity index (χ1n) is 7.41. The number of para-hydroxylation sites is 2. The van der Waals surface area contributed by atoms with E-state index in [1.165, 1.54) is 10.4 Å². The number of fused-ring (bicyclic) bond motifs is 2. The summed E-state index contributed by atoms with van der Waals surface area (Å²) in [5, 5.41) is 0. The van der Waals surface area contributed by atoms with E-state index < -0.39 is 10.0 Å². The smallest absolute Gasteiger partial charge is 0.265 e. The van der Waals surface area contributed by atoms with Gasteiger partial charge in [0.05, 0.1) is 12.2 Å². The molecule has 2 aliphatic heterocycles. The summed E-state index contributed by atoms with van der Waals surface area (Å²) < 4.78 is 44.8. The minimum Gasteiger partial charge on any atom is -0.489 e. The molecular weight excluding hydrogens is 398 g/mol. The van der Waals surface area contributed by atoms with Gasteiger partial charge in [-0.25, -0.2) is 8.42 Å². The SMILES string of the molecule is O=S(=O)(c1cc2c(cc1Br)OCCO2)N1CCOc2ccccc21. The Morgan fingerprint density at radius 3 is 2.38 bits per heavy atom. The Labute approximate surface area is 148 Å². The molecule has 0 aromatic heterocycles. The maximum Gasteiger partial charge on any atom is 0.265 e. The lowest BCUT2D eigenvalue weighted by atomic mass is 10.2. The van der Waals surface area contributed by atoms with Gasteiger partial charge in [0.25, 0.3) is 10.0 Å². The van der Waals surface area contributed by atoms with E-state index in [-0.39, 0.29) is 11.4 Å². The van der Waals surface area contributed by atoms with E-state index in [0.29, 0.717) is 47.2 Å². The van der Waals surface area contributed by atoms with Gasteiger partial charge >= 0.3 is 0 Å². The van der Waals surface area contributed by atoms with Crippen molar-refractivity contribution in [2.24, 2.45) is 0 Å². The summed E-state index contributed by atoms with van der Waals surface area (Å²) in [6.45, 7) is 1.40. The van der Waals surface area contributed by atoms with Gasteiger partial charge in [-0.3, -0.25) is 4.31 Å². The summed E-state index contributed by atoms with van der Waals surface area (Å²) in [5.41, 5.74) is 0.533. The zero-order valence-electron chi connectivity index (χ0n) is 12.6. The molecule has 0 amide bonds. The summed E-state index contributed by atoms with van der Waals surface area (Å²) in [5.74, 6) is 1.53. The molecule has 0 fully saturated rings. The van der Waals surface area contributed by atoms with Crippen molar-refractivity contribution < 1.29 is 22.6 Å². The molecule has 24 heavy (non-hydrogen) atoms. The van der Waals surface area contributed by atoms with E-state index >= 15 is 0 Å². The first-order chi connectivity index (χ1) is 11.6. The van der Waals surface area contributed by atoms with Gasteiger partial charge < -0.3 is 14.2 Å².